The Labute approximate surface area is 198 Å². The second-order valence-corrected chi connectivity index (χ2v) is 11.1. The molecule has 2 atom stereocenters. The first kappa shape index (κ1) is 24.2. The molecule has 2 aromatic carbocycles. The largest absolute Gasteiger partial charge is 0.384 e. The molecular weight excluding hydrogens is 456 g/mol. The molecule has 1 fully saturated rings. The number of benzene rings is 2. The van der Waals surface area contributed by atoms with E-state index in [1.54, 1.807) is 30.3 Å². The first-order chi connectivity index (χ1) is 16.2. The van der Waals surface area contributed by atoms with Gasteiger partial charge < -0.3 is 27.0 Å². The van der Waals surface area contributed by atoms with Crippen LogP contribution in [0.4, 0.5) is 0 Å². The molecule has 2 aromatic rings. The maximum absolute atomic E-state index is 13.4. The number of carbonyl (C=O) groups is 1. The van der Waals surface area contributed by atoms with Gasteiger partial charge in [0.15, 0.2) is 15.8 Å². The van der Waals surface area contributed by atoms with Crippen molar-refractivity contribution in [2.45, 2.75) is 48.0 Å². The van der Waals surface area contributed by atoms with Crippen LogP contribution >= 0.6 is 0 Å². The van der Waals surface area contributed by atoms with E-state index in [9.17, 15) is 23.4 Å². The molecule has 0 spiro atoms. The fourth-order valence-electron chi connectivity index (χ4n) is 4.90. The van der Waals surface area contributed by atoms with E-state index < -0.39 is 27.3 Å². The molecule has 4 rings (SSSR count). The second kappa shape index (κ2) is 9.73. The van der Waals surface area contributed by atoms with Crippen LogP contribution in [0, 0.1) is 5.92 Å². The predicted octanol–water partition coefficient (Wildman–Crippen LogP) is 0.886. The molecule has 0 saturated heterocycles. The first-order valence-corrected chi connectivity index (χ1v) is 12.9. The fraction of sp³-hybridized carbons (Fsp3) is 0.417. The van der Waals surface area contributed by atoms with Crippen molar-refractivity contribution in [2.75, 3.05) is 13.1 Å². The summed E-state index contributed by atoms with van der Waals surface area (Å²) in [5.74, 6) is -0.401. The third kappa shape index (κ3) is 4.66. The smallest absolute Gasteiger partial charge is 0.223 e. The number of hydrogen-bond donors (Lipinski definition) is 5. The number of carbonyl (C=O) groups excluding carboxylic acids is 1. The number of aliphatic imine (C=N–C) groups is 1. The molecule has 2 aliphatic rings. The number of rotatable bonds is 6. The molecular formula is C24H30N4O5S. The highest BCUT2D eigenvalue weighted by molar-refractivity contribution is 7.92. The summed E-state index contributed by atoms with van der Waals surface area (Å²) in [5, 5.41) is 23.8. The molecule has 2 unspecified atom stereocenters. The van der Waals surface area contributed by atoms with E-state index in [4.69, 9.17) is 11.5 Å². The lowest BCUT2D eigenvalue weighted by atomic mass is 9.82. The number of sulfone groups is 1. The predicted molar refractivity (Wildman–Crippen MR) is 128 cm³/mol. The number of fused-ring (bicyclic) bond motifs is 2. The van der Waals surface area contributed by atoms with Gasteiger partial charge in [-0.3, -0.25) is 9.79 Å². The maximum Gasteiger partial charge on any atom is 0.223 e. The molecule has 0 heterocycles. The number of nitrogens with zero attached hydrogens (tertiary/aromatic N) is 1. The van der Waals surface area contributed by atoms with Crippen LogP contribution in [-0.4, -0.2) is 48.8 Å². The molecule has 1 saturated carbocycles. The summed E-state index contributed by atoms with van der Waals surface area (Å²) in [4.78, 5) is 16.3. The van der Waals surface area contributed by atoms with Gasteiger partial charge in [-0.05, 0) is 60.1 Å². The molecule has 10 heteroatoms. The third-order valence-corrected chi connectivity index (χ3v) is 9.01. The van der Waals surface area contributed by atoms with Gasteiger partial charge in [-0.15, -0.1) is 0 Å². The van der Waals surface area contributed by atoms with Crippen LogP contribution in [-0.2, 0) is 14.6 Å². The van der Waals surface area contributed by atoms with E-state index in [0.717, 1.165) is 0 Å². The number of aliphatic hydroxyl groups is 2. The minimum Gasteiger partial charge on any atom is -0.384 e. The number of aliphatic hydroxyl groups excluding tert-OH is 2. The number of hydrogen-bond acceptors (Lipinski definition) is 6. The van der Waals surface area contributed by atoms with E-state index in [-0.39, 0.29) is 22.7 Å². The number of nitrogens with two attached hydrogens (primary N) is 2. The van der Waals surface area contributed by atoms with Crippen LogP contribution < -0.4 is 16.8 Å². The Bertz CT molecular complexity index is 1200. The van der Waals surface area contributed by atoms with Gasteiger partial charge in [-0.2, -0.15) is 0 Å². The van der Waals surface area contributed by atoms with E-state index in [2.05, 4.69) is 10.3 Å². The van der Waals surface area contributed by atoms with Crippen LogP contribution in [0.1, 0.15) is 60.1 Å². The monoisotopic (exact) mass is 486 g/mol. The zero-order valence-electron chi connectivity index (χ0n) is 18.7. The molecule has 0 aromatic heterocycles. The highest BCUT2D eigenvalue weighted by atomic mass is 32.2. The van der Waals surface area contributed by atoms with Crippen molar-refractivity contribution in [1.82, 2.24) is 5.32 Å². The highest BCUT2D eigenvalue weighted by Crippen LogP contribution is 2.42. The van der Waals surface area contributed by atoms with Gasteiger partial charge in [-0.1, -0.05) is 30.3 Å². The summed E-state index contributed by atoms with van der Waals surface area (Å²) < 4.78 is 26.7. The number of amides is 1. The topological polar surface area (TPSA) is 168 Å². The molecule has 182 valence electrons. The van der Waals surface area contributed by atoms with Crippen LogP contribution in [0.2, 0.25) is 0 Å². The minimum absolute atomic E-state index is 0.0339. The minimum atomic E-state index is -3.66. The van der Waals surface area contributed by atoms with Crippen molar-refractivity contribution in [3.05, 3.63) is 64.7 Å². The average molecular weight is 487 g/mol. The maximum atomic E-state index is 13.4. The Kier molecular flexibility index (Phi) is 6.92. The lowest BCUT2D eigenvalue weighted by molar-refractivity contribution is -0.125. The highest BCUT2D eigenvalue weighted by Gasteiger charge is 2.36. The number of guanidine groups is 1. The van der Waals surface area contributed by atoms with Crippen molar-refractivity contribution in [3.63, 3.8) is 0 Å². The van der Waals surface area contributed by atoms with E-state index in [1.165, 1.54) is 12.1 Å². The van der Waals surface area contributed by atoms with Crippen LogP contribution in [0.15, 0.2) is 52.4 Å². The molecule has 9 nitrogen and oxygen atoms in total. The van der Waals surface area contributed by atoms with Gasteiger partial charge in [-0.25, -0.2) is 8.42 Å². The average Bonchev–Trinajstić information content (AvgIpc) is 2.84. The summed E-state index contributed by atoms with van der Waals surface area (Å²) in [7, 11) is -3.66. The molecule has 0 radical (unpaired) electrons. The summed E-state index contributed by atoms with van der Waals surface area (Å²) in [6.07, 6.45) is -0.246. The van der Waals surface area contributed by atoms with Crippen molar-refractivity contribution < 1.29 is 23.4 Å². The van der Waals surface area contributed by atoms with Gasteiger partial charge >= 0.3 is 0 Å². The number of nitrogens with one attached hydrogen (secondary N) is 1. The Morgan fingerprint density at radius 3 is 2.15 bits per heavy atom. The Balaban J connectivity index is 1.45. The zero-order valence-corrected chi connectivity index (χ0v) is 19.5. The summed E-state index contributed by atoms with van der Waals surface area (Å²) >= 11 is 0. The molecule has 2 aliphatic carbocycles. The van der Waals surface area contributed by atoms with E-state index in [0.29, 0.717) is 61.0 Å². The van der Waals surface area contributed by atoms with Gasteiger partial charge in [0.25, 0.3) is 0 Å². The molecule has 0 bridgehead atoms. The Morgan fingerprint density at radius 2 is 1.53 bits per heavy atom. The van der Waals surface area contributed by atoms with Crippen LogP contribution in [0.25, 0.3) is 0 Å². The molecule has 7 N–H and O–H groups in total. The van der Waals surface area contributed by atoms with E-state index >= 15 is 0 Å². The standard InChI is InChI=1S/C24H30N4O5S/c25-24(26)28-12-11-27-23(31)14-5-7-15(8-6-14)34(32,33)16-9-10-19-20(13-16)22(30)18-4-2-1-3-17(18)21(19)29/h1-4,9-10,13-15,21-22,29-30H,5-8,11-12H2,(H,27,31)(H4,25,26,28). The van der Waals surface area contributed by atoms with Crippen molar-refractivity contribution in [3.8, 4) is 0 Å². The normalized spacial score (nSPS) is 23.9. The van der Waals surface area contributed by atoms with Gasteiger partial charge in [0, 0.05) is 12.5 Å². The lowest BCUT2D eigenvalue weighted by Crippen LogP contribution is -2.37. The van der Waals surface area contributed by atoms with Crippen LogP contribution in [0.5, 0.6) is 0 Å². The lowest BCUT2D eigenvalue weighted by Gasteiger charge is -2.30. The molecule has 0 aliphatic heterocycles. The molecule has 34 heavy (non-hydrogen) atoms. The fourth-order valence-corrected chi connectivity index (χ4v) is 6.72. The molecule has 1 amide bonds. The zero-order chi connectivity index (χ0) is 24.5. The van der Waals surface area contributed by atoms with Gasteiger partial charge in [0.1, 0.15) is 12.2 Å². The second-order valence-electron chi connectivity index (χ2n) is 8.84. The van der Waals surface area contributed by atoms with Crippen molar-refractivity contribution in [2.24, 2.45) is 22.4 Å². The van der Waals surface area contributed by atoms with E-state index in [1.807, 2.05) is 0 Å². The Hall–Kier alpha value is -2.95. The van der Waals surface area contributed by atoms with Gasteiger partial charge in [0.2, 0.25) is 5.91 Å². The summed E-state index contributed by atoms with van der Waals surface area (Å²) in [6.45, 7) is 0.614. The quantitative estimate of drug-likeness (QED) is 0.229. The Morgan fingerprint density at radius 1 is 0.941 bits per heavy atom. The van der Waals surface area contributed by atoms with Gasteiger partial charge in [0.05, 0.1) is 16.7 Å². The van der Waals surface area contributed by atoms with Crippen LogP contribution in [0.3, 0.4) is 0 Å². The first-order valence-electron chi connectivity index (χ1n) is 11.4. The summed E-state index contributed by atoms with van der Waals surface area (Å²) in [5.41, 5.74) is 12.6. The van der Waals surface area contributed by atoms with Crippen molar-refractivity contribution >= 4 is 21.7 Å². The third-order valence-electron chi connectivity index (χ3n) is 6.75. The summed E-state index contributed by atoms with van der Waals surface area (Å²) in [6, 6.07) is 11.6. The SMILES string of the molecule is NC(N)=NCCNC(=O)C1CCC(S(=O)(=O)c2ccc3c(c2)C(O)c2ccccc2C3O)CC1. The van der Waals surface area contributed by atoms with Crippen molar-refractivity contribution in [1.29, 1.82) is 0 Å².